The van der Waals surface area contributed by atoms with E-state index in [0.29, 0.717) is 30.0 Å². The highest BCUT2D eigenvalue weighted by Crippen LogP contribution is 2.31. The van der Waals surface area contributed by atoms with E-state index in [1.54, 1.807) is 30.2 Å². The SMILES string of the molecule is COc1ccc(C(=O)N(CCC#N)C2CC2)c(OC)c1. The molecule has 0 aromatic heterocycles. The van der Waals surface area contributed by atoms with Gasteiger partial charge in [-0.05, 0) is 25.0 Å². The Morgan fingerprint density at radius 3 is 2.70 bits per heavy atom. The highest BCUT2D eigenvalue weighted by molar-refractivity contribution is 5.97. The zero-order valence-corrected chi connectivity index (χ0v) is 11.8. The summed E-state index contributed by atoms with van der Waals surface area (Å²) in [5, 5.41) is 8.71. The van der Waals surface area contributed by atoms with Gasteiger partial charge in [0, 0.05) is 18.7 Å². The molecular formula is C15H18N2O3. The molecule has 1 aliphatic carbocycles. The lowest BCUT2D eigenvalue weighted by Crippen LogP contribution is -2.34. The third kappa shape index (κ3) is 3.02. The van der Waals surface area contributed by atoms with E-state index in [1.165, 1.54) is 7.11 Å². The van der Waals surface area contributed by atoms with Crippen molar-refractivity contribution < 1.29 is 14.3 Å². The van der Waals surface area contributed by atoms with Crippen molar-refractivity contribution in [1.82, 2.24) is 4.90 Å². The third-order valence-corrected chi connectivity index (χ3v) is 3.35. The van der Waals surface area contributed by atoms with Gasteiger partial charge in [-0.15, -0.1) is 0 Å². The van der Waals surface area contributed by atoms with E-state index in [-0.39, 0.29) is 11.9 Å². The van der Waals surface area contributed by atoms with E-state index < -0.39 is 0 Å². The molecule has 1 saturated carbocycles. The molecule has 1 aliphatic rings. The molecule has 5 nitrogen and oxygen atoms in total. The first kappa shape index (κ1) is 14.2. The predicted octanol–water partition coefficient (Wildman–Crippen LogP) is 2.22. The van der Waals surface area contributed by atoms with E-state index >= 15 is 0 Å². The van der Waals surface area contributed by atoms with Crippen molar-refractivity contribution in [3.8, 4) is 17.6 Å². The second-order valence-electron chi connectivity index (χ2n) is 4.70. The van der Waals surface area contributed by atoms with Crippen LogP contribution in [0, 0.1) is 11.3 Å². The standard InChI is InChI=1S/C15H18N2O3/c1-19-12-6-7-13(14(10-12)20-2)15(18)17(9-3-8-16)11-4-5-11/h6-7,10-11H,3-5,9H2,1-2H3. The van der Waals surface area contributed by atoms with Gasteiger partial charge in [-0.3, -0.25) is 4.79 Å². The van der Waals surface area contributed by atoms with Gasteiger partial charge in [-0.25, -0.2) is 0 Å². The maximum Gasteiger partial charge on any atom is 0.257 e. The first-order valence-electron chi connectivity index (χ1n) is 6.61. The Balaban J connectivity index is 2.24. The van der Waals surface area contributed by atoms with Crippen LogP contribution in [0.15, 0.2) is 18.2 Å². The molecule has 0 aliphatic heterocycles. The minimum absolute atomic E-state index is 0.0812. The monoisotopic (exact) mass is 274 g/mol. The number of benzene rings is 1. The molecule has 0 unspecified atom stereocenters. The van der Waals surface area contributed by atoms with E-state index in [0.717, 1.165) is 12.8 Å². The Morgan fingerprint density at radius 2 is 2.15 bits per heavy atom. The van der Waals surface area contributed by atoms with E-state index in [9.17, 15) is 4.79 Å². The second-order valence-corrected chi connectivity index (χ2v) is 4.70. The first-order chi connectivity index (χ1) is 9.71. The quantitative estimate of drug-likeness (QED) is 0.798. The molecule has 0 saturated heterocycles. The average Bonchev–Trinajstić information content (AvgIpc) is 3.31. The molecule has 106 valence electrons. The molecule has 1 fully saturated rings. The first-order valence-corrected chi connectivity index (χ1v) is 6.61. The van der Waals surface area contributed by atoms with E-state index in [2.05, 4.69) is 6.07 Å². The number of nitriles is 1. The number of rotatable bonds is 6. The summed E-state index contributed by atoms with van der Waals surface area (Å²) in [7, 11) is 3.10. The lowest BCUT2D eigenvalue weighted by molar-refractivity contribution is 0.0743. The zero-order chi connectivity index (χ0) is 14.5. The molecule has 1 aromatic rings. The lowest BCUT2D eigenvalue weighted by Gasteiger charge is -2.22. The summed E-state index contributed by atoms with van der Waals surface area (Å²) in [6, 6.07) is 7.50. The molecule has 1 amide bonds. The Labute approximate surface area is 118 Å². The number of ether oxygens (including phenoxy) is 2. The van der Waals surface area contributed by atoms with Gasteiger partial charge in [0.2, 0.25) is 0 Å². The average molecular weight is 274 g/mol. The zero-order valence-electron chi connectivity index (χ0n) is 11.8. The lowest BCUT2D eigenvalue weighted by atomic mass is 10.1. The second kappa shape index (κ2) is 6.29. The van der Waals surface area contributed by atoms with Crippen molar-refractivity contribution in [2.45, 2.75) is 25.3 Å². The van der Waals surface area contributed by atoms with Gasteiger partial charge in [0.15, 0.2) is 0 Å². The molecule has 0 atom stereocenters. The minimum atomic E-state index is -0.0812. The molecule has 1 aromatic carbocycles. The summed E-state index contributed by atoms with van der Waals surface area (Å²) in [6.45, 7) is 0.467. The molecule has 0 heterocycles. The molecule has 0 radical (unpaired) electrons. The number of carbonyl (C=O) groups excluding carboxylic acids is 1. The summed E-state index contributed by atoms with van der Waals surface area (Å²) < 4.78 is 10.4. The van der Waals surface area contributed by atoms with Crippen molar-refractivity contribution in [3.05, 3.63) is 23.8 Å². The third-order valence-electron chi connectivity index (χ3n) is 3.35. The maximum atomic E-state index is 12.6. The van der Waals surface area contributed by atoms with Gasteiger partial charge in [0.1, 0.15) is 11.5 Å². The highest BCUT2D eigenvalue weighted by Gasteiger charge is 2.33. The number of methoxy groups -OCH3 is 2. The van der Waals surface area contributed by atoms with Crippen molar-refractivity contribution >= 4 is 5.91 Å². The summed E-state index contributed by atoms with van der Waals surface area (Å²) >= 11 is 0. The summed E-state index contributed by atoms with van der Waals surface area (Å²) in [5.41, 5.74) is 0.512. The molecule has 0 N–H and O–H groups in total. The molecule has 5 heteroatoms. The highest BCUT2D eigenvalue weighted by atomic mass is 16.5. The van der Waals surface area contributed by atoms with Gasteiger partial charge >= 0.3 is 0 Å². The Kier molecular flexibility index (Phi) is 4.46. The smallest absolute Gasteiger partial charge is 0.257 e. The van der Waals surface area contributed by atoms with Crippen LogP contribution in [0.5, 0.6) is 11.5 Å². The Hall–Kier alpha value is -2.22. The molecule has 2 rings (SSSR count). The Morgan fingerprint density at radius 1 is 1.40 bits per heavy atom. The summed E-state index contributed by atoms with van der Waals surface area (Å²) in [5.74, 6) is 1.06. The predicted molar refractivity (Wildman–Crippen MR) is 73.8 cm³/mol. The largest absolute Gasteiger partial charge is 0.497 e. The molecule has 20 heavy (non-hydrogen) atoms. The van der Waals surface area contributed by atoms with Crippen molar-refractivity contribution in [3.63, 3.8) is 0 Å². The number of carbonyl (C=O) groups is 1. The van der Waals surface area contributed by atoms with Gasteiger partial charge in [0.25, 0.3) is 5.91 Å². The Bertz CT molecular complexity index is 532. The fourth-order valence-corrected chi connectivity index (χ4v) is 2.14. The van der Waals surface area contributed by atoms with Crippen LogP contribution in [-0.4, -0.2) is 37.6 Å². The van der Waals surface area contributed by atoms with Crippen LogP contribution in [0.3, 0.4) is 0 Å². The minimum Gasteiger partial charge on any atom is -0.497 e. The summed E-state index contributed by atoms with van der Waals surface area (Å²) in [4.78, 5) is 14.4. The van der Waals surface area contributed by atoms with Gasteiger partial charge in [-0.1, -0.05) is 0 Å². The van der Waals surface area contributed by atoms with Crippen LogP contribution in [0.25, 0.3) is 0 Å². The van der Waals surface area contributed by atoms with Crippen molar-refractivity contribution in [1.29, 1.82) is 5.26 Å². The van der Waals surface area contributed by atoms with Crippen molar-refractivity contribution in [2.24, 2.45) is 0 Å². The molecule has 0 bridgehead atoms. The number of hydrogen-bond donors (Lipinski definition) is 0. The molecular weight excluding hydrogens is 256 g/mol. The van der Waals surface area contributed by atoms with Crippen LogP contribution in [0.1, 0.15) is 29.6 Å². The van der Waals surface area contributed by atoms with Crippen LogP contribution >= 0.6 is 0 Å². The topological polar surface area (TPSA) is 62.6 Å². The number of nitrogens with zero attached hydrogens (tertiary/aromatic N) is 2. The molecule has 0 spiro atoms. The van der Waals surface area contributed by atoms with Crippen molar-refractivity contribution in [2.75, 3.05) is 20.8 Å². The summed E-state index contributed by atoms with van der Waals surface area (Å²) in [6.07, 6.45) is 2.37. The number of hydrogen-bond acceptors (Lipinski definition) is 4. The van der Waals surface area contributed by atoms with Crippen LogP contribution in [0.2, 0.25) is 0 Å². The van der Waals surface area contributed by atoms with E-state index in [4.69, 9.17) is 14.7 Å². The van der Waals surface area contributed by atoms with Gasteiger partial charge in [0.05, 0.1) is 32.3 Å². The number of amides is 1. The van der Waals surface area contributed by atoms with Gasteiger partial charge in [-0.2, -0.15) is 5.26 Å². The fourth-order valence-electron chi connectivity index (χ4n) is 2.14. The normalized spacial score (nSPS) is 13.4. The maximum absolute atomic E-state index is 12.6. The fraction of sp³-hybridized carbons (Fsp3) is 0.467. The van der Waals surface area contributed by atoms with Crippen LogP contribution in [-0.2, 0) is 0 Å². The van der Waals surface area contributed by atoms with Crippen LogP contribution < -0.4 is 9.47 Å². The van der Waals surface area contributed by atoms with Gasteiger partial charge < -0.3 is 14.4 Å². The van der Waals surface area contributed by atoms with Crippen LogP contribution in [0.4, 0.5) is 0 Å². The van der Waals surface area contributed by atoms with E-state index in [1.807, 2.05) is 0 Å².